The van der Waals surface area contributed by atoms with E-state index in [2.05, 4.69) is 42.3 Å². The Labute approximate surface area is 164 Å². The molecule has 1 aliphatic carbocycles. The van der Waals surface area contributed by atoms with Gasteiger partial charge in [0.1, 0.15) is 11.4 Å². The van der Waals surface area contributed by atoms with Crippen molar-refractivity contribution in [3.8, 4) is 0 Å². The number of carbonyl (C=O) groups excluding carboxylic acids is 2. The Bertz CT molecular complexity index is 849. The highest BCUT2D eigenvalue weighted by Crippen LogP contribution is 2.40. The van der Waals surface area contributed by atoms with E-state index in [0.29, 0.717) is 38.2 Å². The van der Waals surface area contributed by atoms with E-state index >= 15 is 0 Å². The average Bonchev–Trinajstić information content (AvgIpc) is 2.98. The lowest BCUT2D eigenvalue weighted by atomic mass is 9.81. The summed E-state index contributed by atoms with van der Waals surface area (Å²) in [6.07, 6.45) is 8.43. The van der Waals surface area contributed by atoms with Crippen molar-refractivity contribution in [2.45, 2.75) is 38.6 Å². The van der Waals surface area contributed by atoms with Gasteiger partial charge in [0.25, 0.3) is 5.91 Å². The molecule has 1 aromatic rings. The number of carbonyl (C=O) groups is 2. The van der Waals surface area contributed by atoms with E-state index in [1.807, 2.05) is 0 Å². The van der Waals surface area contributed by atoms with Crippen LogP contribution in [0.3, 0.4) is 0 Å². The minimum atomic E-state index is -0.591. The maximum Gasteiger partial charge on any atom is 0.253 e. The quantitative estimate of drug-likeness (QED) is 0.854. The van der Waals surface area contributed by atoms with Crippen LogP contribution in [0.5, 0.6) is 0 Å². The van der Waals surface area contributed by atoms with Crippen LogP contribution in [0, 0.1) is 11.2 Å². The Morgan fingerprint density at radius 1 is 1.14 bits per heavy atom. The standard InChI is InChI=1S/C22H26FN3O2/c1-21(2)9-3-4-18(14-21)26-15-24-20(28)22(26)10-12-25(13-11-22)19(27)16-5-7-17(23)8-6-16/h3-9H,10-15H2,1-2H3,(H,24,28). The van der Waals surface area contributed by atoms with Crippen LogP contribution in [0.4, 0.5) is 4.39 Å². The molecule has 2 fully saturated rings. The molecule has 0 aromatic heterocycles. The highest BCUT2D eigenvalue weighted by molar-refractivity contribution is 5.95. The van der Waals surface area contributed by atoms with Crippen LogP contribution < -0.4 is 5.32 Å². The number of halogens is 1. The van der Waals surface area contributed by atoms with E-state index in [-0.39, 0.29) is 23.0 Å². The number of benzene rings is 1. The Hall–Kier alpha value is -2.63. The fourth-order valence-electron chi connectivity index (χ4n) is 4.51. The second-order valence-electron chi connectivity index (χ2n) is 8.61. The van der Waals surface area contributed by atoms with E-state index in [4.69, 9.17) is 0 Å². The summed E-state index contributed by atoms with van der Waals surface area (Å²) >= 11 is 0. The molecule has 3 aliphatic rings. The number of amides is 2. The fraction of sp³-hybridized carbons (Fsp3) is 0.455. The van der Waals surface area contributed by atoms with E-state index in [1.54, 1.807) is 4.90 Å². The predicted octanol–water partition coefficient (Wildman–Crippen LogP) is 3.06. The van der Waals surface area contributed by atoms with E-state index in [0.717, 1.165) is 6.42 Å². The van der Waals surface area contributed by atoms with E-state index in [1.165, 1.54) is 30.0 Å². The van der Waals surface area contributed by atoms with Crippen LogP contribution in [0.1, 0.15) is 43.5 Å². The van der Waals surface area contributed by atoms with Gasteiger partial charge in [0.15, 0.2) is 0 Å². The molecule has 148 valence electrons. The number of hydrogen-bond donors (Lipinski definition) is 1. The lowest BCUT2D eigenvalue weighted by Gasteiger charge is -2.45. The van der Waals surface area contributed by atoms with Crippen LogP contribution in [-0.2, 0) is 4.79 Å². The van der Waals surface area contributed by atoms with Crippen molar-refractivity contribution in [1.29, 1.82) is 0 Å². The van der Waals surface area contributed by atoms with Gasteiger partial charge in [0.2, 0.25) is 5.91 Å². The average molecular weight is 383 g/mol. The van der Waals surface area contributed by atoms with Crippen molar-refractivity contribution in [3.63, 3.8) is 0 Å². The maximum absolute atomic E-state index is 13.1. The van der Waals surface area contributed by atoms with Crippen molar-refractivity contribution in [2.24, 2.45) is 5.41 Å². The van der Waals surface area contributed by atoms with Crippen molar-refractivity contribution >= 4 is 11.8 Å². The SMILES string of the molecule is CC1(C)C=CC=C(N2CNC(=O)C23CCN(C(=O)c2ccc(F)cc2)CC3)C1. The first-order chi connectivity index (χ1) is 13.3. The van der Waals surface area contributed by atoms with Gasteiger partial charge in [0.05, 0.1) is 6.67 Å². The summed E-state index contributed by atoms with van der Waals surface area (Å²) in [6, 6.07) is 5.63. The molecule has 28 heavy (non-hydrogen) atoms. The smallest absolute Gasteiger partial charge is 0.253 e. The van der Waals surface area contributed by atoms with Crippen LogP contribution >= 0.6 is 0 Å². The first-order valence-corrected chi connectivity index (χ1v) is 9.80. The highest BCUT2D eigenvalue weighted by Gasteiger charge is 2.51. The number of allylic oxidation sites excluding steroid dienone is 4. The molecule has 1 spiro atoms. The number of likely N-dealkylation sites (tertiary alicyclic amines) is 1. The minimum absolute atomic E-state index is 0.0506. The predicted molar refractivity (Wildman–Crippen MR) is 105 cm³/mol. The molecular formula is C22H26FN3O2. The van der Waals surface area contributed by atoms with Gasteiger partial charge in [-0.25, -0.2) is 4.39 Å². The second kappa shape index (κ2) is 6.76. The third-order valence-electron chi connectivity index (χ3n) is 6.13. The van der Waals surface area contributed by atoms with Gasteiger partial charge in [-0.05, 0) is 55.0 Å². The second-order valence-corrected chi connectivity index (χ2v) is 8.61. The molecule has 1 N–H and O–H groups in total. The Kier molecular flexibility index (Phi) is 4.52. The Morgan fingerprint density at radius 2 is 1.82 bits per heavy atom. The van der Waals surface area contributed by atoms with Gasteiger partial charge in [-0.1, -0.05) is 26.0 Å². The molecule has 6 heteroatoms. The van der Waals surface area contributed by atoms with Gasteiger partial charge >= 0.3 is 0 Å². The van der Waals surface area contributed by atoms with E-state index < -0.39 is 5.54 Å². The van der Waals surface area contributed by atoms with Crippen LogP contribution in [-0.4, -0.2) is 46.9 Å². The molecule has 2 saturated heterocycles. The maximum atomic E-state index is 13.1. The minimum Gasteiger partial charge on any atom is -0.343 e. The molecule has 0 saturated carbocycles. The van der Waals surface area contributed by atoms with Crippen molar-refractivity contribution < 1.29 is 14.0 Å². The molecule has 2 heterocycles. The van der Waals surface area contributed by atoms with Gasteiger partial charge in [-0.2, -0.15) is 0 Å². The van der Waals surface area contributed by atoms with Crippen molar-refractivity contribution in [1.82, 2.24) is 15.1 Å². The largest absolute Gasteiger partial charge is 0.343 e. The Balaban J connectivity index is 1.50. The molecule has 0 atom stereocenters. The Morgan fingerprint density at radius 3 is 2.46 bits per heavy atom. The number of piperidine rings is 1. The first-order valence-electron chi connectivity index (χ1n) is 9.80. The lowest BCUT2D eigenvalue weighted by molar-refractivity contribution is -0.128. The number of hydrogen-bond acceptors (Lipinski definition) is 3. The third-order valence-corrected chi connectivity index (χ3v) is 6.13. The highest BCUT2D eigenvalue weighted by atomic mass is 19.1. The molecule has 5 nitrogen and oxygen atoms in total. The summed E-state index contributed by atoms with van der Waals surface area (Å²) in [7, 11) is 0. The van der Waals surface area contributed by atoms with Crippen LogP contribution in [0.2, 0.25) is 0 Å². The van der Waals surface area contributed by atoms with Crippen LogP contribution in [0.15, 0.2) is 48.2 Å². The summed E-state index contributed by atoms with van der Waals surface area (Å²) in [6.45, 7) is 5.91. The fourth-order valence-corrected chi connectivity index (χ4v) is 4.51. The molecule has 0 unspecified atom stereocenters. The molecule has 2 aliphatic heterocycles. The zero-order chi connectivity index (χ0) is 19.9. The normalized spacial score (nSPS) is 23.0. The lowest BCUT2D eigenvalue weighted by Crippen LogP contribution is -2.56. The summed E-state index contributed by atoms with van der Waals surface area (Å²) in [5.74, 6) is -0.416. The molecule has 0 radical (unpaired) electrons. The first kappa shape index (κ1) is 18.7. The van der Waals surface area contributed by atoms with Gasteiger partial charge in [-0.3, -0.25) is 9.59 Å². The summed E-state index contributed by atoms with van der Waals surface area (Å²) in [5, 5.41) is 3.01. The van der Waals surface area contributed by atoms with Gasteiger partial charge in [-0.15, -0.1) is 0 Å². The van der Waals surface area contributed by atoms with Gasteiger partial charge < -0.3 is 15.1 Å². The third kappa shape index (κ3) is 3.21. The molecule has 4 rings (SSSR count). The van der Waals surface area contributed by atoms with E-state index in [9.17, 15) is 14.0 Å². The van der Waals surface area contributed by atoms with Crippen molar-refractivity contribution in [2.75, 3.05) is 19.8 Å². The molecule has 0 bridgehead atoms. The molecule has 2 amide bonds. The van der Waals surface area contributed by atoms with Crippen molar-refractivity contribution in [3.05, 3.63) is 59.6 Å². The number of nitrogens with zero attached hydrogens (tertiary/aromatic N) is 2. The topological polar surface area (TPSA) is 52.7 Å². The monoisotopic (exact) mass is 383 g/mol. The summed E-state index contributed by atoms with van der Waals surface area (Å²) < 4.78 is 13.1. The number of rotatable bonds is 2. The zero-order valence-corrected chi connectivity index (χ0v) is 16.4. The van der Waals surface area contributed by atoms with Crippen LogP contribution in [0.25, 0.3) is 0 Å². The molecular weight excluding hydrogens is 357 g/mol. The number of nitrogens with one attached hydrogen (secondary N) is 1. The van der Waals surface area contributed by atoms with Gasteiger partial charge in [0, 0.05) is 24.4 Å². The summed E-state index contributed by atoms with van der Waals surface area (Å²) in [5.41, 5.74) is 1.12. The summed E-state index contributed by atoms with van der Waals surface area (Å²) in [4.78, 5) is 29.5. The zero-order valence-electron chi connectivity index (χ0n) is 16.4. The molecule has 1 aromatic carbocycles.